The van der Waals surface area contributed by atoms with E-state index in [1.54, 1.807) is 23.9 Å². The van der Waals surface area contributed by atoms with Crippen LogP contribution in [0.2, 0.25) is 0 Å². The van der Waals surface area contributed by atoms with Crippen LogP contribution in [0.15, 0.2) is 68.4 Å². The molecule has 0 atom stereocenters. The molecule has 3 rings (SSSR count). The number of nitrogens with one attached hydrogen (secondary N) is 1. The molecule has 11 heteroatoms. The van der Waals surface area contributed by atoms with Crippen molar-refractivity contribution in [2.45, 2.75) is 14.4 Å². The minimum atomic E-state index is -0.473. The summed E-state index contributed by atoms with van der Waals surface area (Å²) in [7, 11) is 0. The lowest BCUT2D eigenvalue weighted by atomic mass is 10.2. The number of carbonyl (C=O) groups excluding carboxylic acids is 1. The van der Waals surface area contributed by atoms with E-state index in [2.05, 4.69) is 32.9 Å². The first kappa shape index (κ1) is 21.0. The van der Waals surface area contributed by atoms with Crippen molar-refractivity contribution in [2.24, 2.45) is 5.10 Å². The second-order valence-electron chi connectivity index (χ2n) is 5.54. The van der Waals surface area contributed by atoms with Crippen LogP contribution in [-0.4, -0.2) is 33.0 Å². The number of nitro groups is 1. The third-order valence-electron chi connectivity index (χ3n) is 3.43. The summed E-state index contributed by atoms with van der Waals surface area (Å²) < 4.78 is 1.57. The first-order valence-corrected chi connectivity index (χ1v) is 11.1. The van der Waals surface area contributed by atoms with Gasteiger partial charge in [0.1, 0.15) is 0 Å². The van der Waals surface area contributed by atoms with E-state index in [1.165, 1.54) is 47.0 Å². The minimum Gasteiger partial charge on any atom is -0.272 e. The van der Waals surface area contributed by atoms with Gasteiger partial charge in [0.25, 0.3) is 11.6 Å². The predicted molar refractivity (Wildman–Crippen MR) is 115 cm³/mol. The van der Waals surface area contributed by atoms with Gasteiger partial charge in [-0.3, -0.25) is 14.9 Å². The van der Waals surface area contributed by atoms with E-state index in [4.69, 9.17) is 0 Å². The van der Waals surface area contributed by atoms with Crippen molar-refractivity contribution in [3.8, 4) is 0 Å². The summed E-state index contributed by atoms with van der Waals surface area (Å²) in [6.45, 7) is 0. The van der Waals surface area contributed by atoms with E-state index >= 15 is 0 Å². The van der Waals surface area contributed by atoms with Crippen molar-refractivity contribution >= 4 is 52.7 Å². The number of aromatic nitrogens is 2. The van der Waals surface area contributed by atoms with E-state index in [0.717, 1.165) is 14.4 Å². The van der Waals surface area contributed by atoms with Gasteiger partial charge in [0, 0.05) is 17.9 Å². The van der Waals surface area contributed by atoms with Crippen LogP contribution in [0.1, 0.15) is 11.1 Å². The predicted octanol–water partition coefficient (Wildman–Crippen LogP) is 3.98. The highest BCUT2D eigenvalue weighted by Gasteiger charge is 2.09. The molecular formula is C18H15N5O3S3. The second-order valence-corrected chi connectivity index (χ2v) is 8.96. The number of nitrogens with zero attached hydrogens (tertiary/aromatic N) is 4. The number of rotatable bonds is 9. The molecule has 2 aromatic carbocycles. The monoisotopic (exact) mass is 445 g/mol. The first-order valence-electron chi connectivity index (χ1n) is 8.29. The minimum absolute atomic E-state index is 0.000874. The van der Waals surface area contributed by atoms with Gasteiger partial charge in [-0.1, -0.05) is 65.2 Å². The molecule has 29 heavy (non-hydrogen) atoms. The van der Waals surface area contributed by atoms with Gasteiger partial charge in [0.05, 0.1) is 16.9 Å². The number of non-ortho nitro benzene ring substituents is 1. The van der Waals surface area contributed by atoms with Crippen LogP contribution in [0.25, 0.3) is 0 Å². The fourth-order valence-corrected chi connectivity index (χ4v) is 4.82. The maximum absolute atomic E-state index is 11.9. The Hall–Kier alpha value is -2.76. The topological polar surface area (TPSA) is 110 Å². The quantitative estimate of drug-likeness (QED) is 0.229. The zero-order valence-corrected chi connectivity index (χ0v) is 17.4. The highest BCUT2D eigenvalue weighted by Crippen LogP contribution is 2.30. The van der Waals surface area contributed by atoms with E-state index in [-0.39, 0.29) is 17.3 Å². The van der Waals surface area contributed by atoms with Crippen LogP contribution in [0.4, 0.5) is 5.69 Å². The Balaban J connectivity index is 1.40. The molecule has 0 radical (unpaired) electrons. The molecule has 0 aliphatic carbocycles. The highest BCUT2D eigenvalue weighted by molar-refractivity contribution is 8.03. The van der Waals surface area contributed by atoms with Crippen molar-refractivity contribution in [1.29, 1.82) is 0 Å². The van der Waals surface area contributed by atoms with Crippen molar-refractivity contribution in [1.82, 2.24) is 15.6 Å². The van der Waals surface area contributed by atoms with Gasteiger partial charge >= 0.3 is 0 Å². The number of nitro benzene ring substituents is 1. The zero-order valence-electron chi connectivity index (χ0n) is 14.9. The van der Waals surface area contributed by atoms with Crippen LogP contribution in [-0.2, 0) is 10.5 Å². The maximum Gasteiger partial charge on any atom is 0.269 e. The SMILES string of the molecule is O=C(CSc1nnc(SCc2ccccc2)s1)NN=Cc1ccc([N+](=O)[O-])cc1. The number of hydrogen-bond acceptors (Lipinski definition) is 9. The second kappa shape index (κ2) is 10.7. The van der Waals surface area contributed by atoms with E-state index in [0.29, 0.717) is 5.56 Å². The van der Waals surface area contributed by atoms with Crippen molar-refractivity contribution < 1.29 is 9.72 Å². The summed E-state index contributed by atoms with van der Waals surface area (Å²) in [5.41, 5.74) is 4.28. The van der Waals surface area contributed by atoms with Crippen LogP contribution < -0.4 is 5.43 Å². The fraction of sp³-hybridized carbons (Fsp3) is 0.111. The molecule has 8 nitrogen and oxygen atoms in total. The van der Waals surface area contributed by atoms with Gasteiger partial charge in [-0.05, 0) is 23.3 Å². The molecule has 1 aromatic heterocycles. The molecule has 148 valence electrons. The molecule has 0 aliphatic rings. The number of hydrogen-bond donors (Lipinski definition) is 1. The Morgan fingerprint density at radius 2 is 1.79 bits per heavy atom. The molecular weight excluding hydrogens is 430 g/mol. The average Bonchev–Trinajstić information content (AvgIpc) is 3.20. The molecule has 0 fully saturated rings. The first-order chi connectivity index (χ1) is 14.1. The Morgan fingerprint density at radius 1 is 1.10 bits per heavy atom. The third-order valence-corrected chi connectivity index (χ3v) is 6.69. The molecule has 0 unspecified atom stereocenters. The Kier molecular flexibility index (Phi) is 7.73. The van der Waals surface area contributed by atoms with Gasteiger partial charge < -0.3 is 0 Å². The third kappa shape index (κ3) is 6.97. The normalized spacial score (nSPS) is 10.9. The van der Waals surface area contributed by atoms with Crippen LogP contribution in [0.5, 0.6) is 0 Å². The average molecular weight is 446 g/mol. The summed E-state index contributed by atoms with van der Waals surface area (Å²) in [5, 5.41) is 22.7. The molecule has 0 spiro atoms. The summed E-state index contributed by atoms with van der Waals surface area (Å²) in [6, 6.07) is 16.0. The summed E-state index contributed by atoms with van der Waals surface area (Å²) >= 11 is 4.35. The number of hydrazone groups is 1. The number of amides is 1. The molecule has 1 N–H and O–H groups in total. The van der Waals surface area contributed by atoms with Crippen molar-refractivity contribution in [3.63, 3.8) is 0 Å². The van der Waals surface area contributed by atoms with Gasteiger partial charge in [-0.25, -0.2) is 5.43 Å². The summed E-state index contributed by atoms with van der Waals surface area (Å²) in [5.74, 6) is 0.704. The molecule has 0 aliphatic heterocycles. The number of benzene rings is 2. The van der Waals surface area contributed by atoms with Gasteiger partial charge in [0.2, 0.25) is 0 Å². The molecule has 3 aromatic rings. The van der Waals surface area contributed by atoms with Crippen LogP contribution in [0, 0.1) is 10.1 Å². The summed E-state index contributed by atoms with van der Waals surface area (Å²) in [4.78, 5) is 22.0. The lowest BCUT2D eigenvalue weighted by Gasteiger charge is -1.98. The van der Waals surface area contributed by atoms with Gasteiger partial charge in [-0.2, -0.15) is 5.10 Å². The lowest BCUT2D eigenvalue weighted by molar-refractivity contribution is -0.384. The summed E-state index contributed by atoms with van der Waals surface area (Å²) in [6.07, 6.45) is 1.43. The molecule has 1 heterocycles. The van der Waals surface area contributed by atoms with E-state index in [1.807, 2.05) is 18.2 Å². The molecule has 1 amide bonds. The molecule has 0 saturated heterocycles. The van der Waals surface area contributed by atoms with Crippen LogP contribution in [0.3, 0.4) is 0 Å². The standard InChI is InChI=1S/C18H15N5O3S3/c24-16(20-19-10-13-6-8-15(9-7-13)23(25)26)12-28-18-22-21-17(29-18)27-11-14-4-2-1-3-5-14/h1-10H,11-12H2,(H,20,24). The highest BCUT2D eigenvalue weighted by atomic mass is 32.2. The van der Waals surface area contributed by atoms with Gasteiger partial charge in [-0.15, -0.1) is 10.2 Å². The Morgan fingerprint density at radius 3 is 2.48 bits per heavy atom. The molecule has 0 saturated carbocycles. The lowest BCUT2D eigenvalue weighted by Crippen LogP contribution is -2.19. The zero-order chi connectivity index (χ0) is 20.5. The van der Waals surface area contributed by atoms with E-state index in [9.17, 15) is 14.9 Å². The van der Waals surface area contributed by atoms with Crippen molar-refractivity contribution in [2.75, 3.05) is 5.75 Å². The largest absolute Gasteiger partial charge is 0.272 e. The number of carbonyl (C=O) groups is 1. The number of thioether (sulfide) groups is 2. The fourth-order valence-electron chi connectivity index (χ4n) is 2.05. The van der Waals surface area contributed by atoms with Crippen LogP contribution >= 0.6 is 34.9 Å². The van der Waals surface area contributed by atoms with E-state index < -0.39 is 4.92 Å². The Bertz CT molecular complexity index is 993. The Labute approximate surface area is 179 Å². The van der Waals surface area contributed by atoms with Crippen molar-refractivity contribution in [3.05, 3.63) is 75.8 Å². The smallest absolute Gasteiger partial charge is 0.269 e. The maximum atomic E-state index is 11.9. The molecule has 0 bridgehead atoms. The van der Waals surface area contributed by atoms with Gasteiger partial charge in [0.15, 0.2) is 8.68 Å².